The van der Waals surface area contributed by atoms with E-state index in [0.717, 1.165) is 19.5 Å². The molecule has 2 aliphatic heterocycles. The minimum absolute atomic E-state index is 0.185. The summed E-state index contributed by atoms with van der Waals surface area (Å²) in [6.45, 7) is 4.27. The van der Waals surface area contributed by atoms with Crippen molar-refractivity contribution in [3.8, 4) is 0 Å². The number of imide groups is 1. The van der Waals surface area contributed by atoms with Gasteiger partial charge in [0.25, 0.3) is 11.8 Å². The van der Waals surface area contributed by atoms with Crippen molar-refractivity contribution in [3.63, 3.8) is 0 Å². The molecule has 0 N–H and O–H groups in total. The van der Waals surface area contributed by atoms with E-state index in [-0.39, 0.29) is 17.7 Å². The van der Waals surface area contributed by atoms with Crippen LogP contribution in [0.5, 0.6) is 0 Å². The molecule has 2 heterocycles. The zero-order valence-electron chi connectivity index (χ0n) is 10.6. The summed E-state index contributed by atoms with van der Waals surface area (Å²) in [4.78, 5) is 37.3. The summed E-state index contributed by atoms with van der Waals surface area (Å²) in [5.74, 6) is 0.316. The SMILES string of the molecule is CC1CN(C(=O)CCCCN2C(=O)C=CC2=O)C1. The summed E-state index contributed by atoms with van der Waals surface area (Å²) in [7, 11) is 0. The van der Waals surface area contributed by atoms with Gasteiger partial charge in [-0.3, -0.25) is 19.3 Å². The van der Waals surface area contributed by atoms with Crippen LogP contribution in [0.2, 0.25) is 0 Å². The van der Waals surface area contributed by atoms with E-state index in [1.807, 2.05) is 4.90 Å². The lowest BCUT2D eigenvalue weighted by Gasteiger charge is -2.37. The first-order valence-corrected chi connectivity index (χ1v) is 6.39. The summed E-state index contributed by atoms with van der Waals surface area (Å²) in [5, 5.41) is 0. The Hall–Kier alpha value is -1.65. The molecule has 3 amide bonds. The van der Waals surface area contributed by atoms with Gasteiger partial charge in [0.05, 0.1) is 0 Å². The van der Waals surface area contributed by atoms with Crippen molar-refractivity contribution in [2.24, 2.45) is 5.92 Å². The van der Waals surface area contributed by atoms with Crippen LogP contribution in [0, 0.1) is 5.92 Å². The monoisotopic (exact) mass is 250 g/mol. The van der Waals surface area contributed by atoms with Crippen molar-refractivity contribution >= 4 is 17.7 Å². The molecule has 0 aromatic heterocycles. The fourth-order valence-corrected chi connectivity index (χ4v) is 2.26. The van der Waals surface area contributed by atoms with Gasteiger partial charge in [-0.2, -0.15) is 0 Å². The third-order valence-electron chi connectivity index (χ3n) is 3.34. The Labute approximate surface area is 106 Å². The Morgan fingerprint density at radius 3 is 2.39 bits per heavy atom. The van der Waals surface area contributed by atoms with Gasteiger partial charge in [0.15, 0.2) is 0 Å². The average Bonchev–Trinajstić information content (AvgIpc) is 2.61. The molecule has 0 unspecified atom stereocenters. The van der Waals surface area contributed by atoms with E-state index >= 15 is 0 Å². The van der Waals surface area contributed by atoms with Crippen molar-refractivity contribution in [1.82, 2.24) is 9.80 Å². The topological polar surface area (TPSA) is 57.7 Å². The van der Waals surface area contributed by atoms with Crippen molar-refractivity contribution in [2.75, 3.05) is 19.6 Å². The molecular formula is C13H18N2O3. The van der Waals surface area contributed by atoms with Gasteiger partial charge in [-0.1, -0.05) is 6.92 Å². The van der Waals surface area contributed by atoms with Crippen LogP contribution in [-0.4, -0.2) is 47.2 Å². The number of amides is 3. The van der Waals surface area contributed by atoms with Crippen LogP contribution in [0.3, 0.4) is 0 Å². The van der Waals surface area contributed by atoms with Gasteiger partial charge in [0.1, 0.15) is 0 Å². The maximum atomic E-state index is 11.7. The highest BCUT2D eigenvalue weighted by Crippen LogP contribution is 2.16. The van der Waals surface area contributed by atoms with E-state index in [4.69, 9.17) is 0 Å². The first kappa shape index (κ1) is 12.8. The van der Waals surface area contributed by atoms with E-state index in [2.05, 4.69) is 6.92 Å². The Kier molecular flexibility index (Phi) is 3.79. The lowest BCUT2D eigenvalue weighted by atomic mass is 10.0. The van der Waals surface area contributed by atoms with Crippen LogP contribution in [0.1, 0.15) is 26.2 Å². The summed E-state index contributed by atoms with van der Waals surface area (Å²) >= 11 is 0. The predicted octanol–water partition coefficient (Wildman–Crippen LogP) is 0.560. The lowest BCUT2D eigenvalue weighted by molar-refractivity contribution is -0.137. The molecule has 0 aromatic rings. The Balaban J connectivity index is 1.60. The molecule has 0 aromatic carbocycles. The van der Waals surface area contributed by atoms with Crippen molar-refractivity contribution in [3.05, 3.63) is 12.2 Å². The minimum atomic E-state index is -0.247. The Bertz CT molecular complexity index is 379. The number of carbonyl (C=O) groups is 3. The molecule has 0 radical (unpaired) electrons. The number of unbranched alkanes of at least 4 members (excludes halogenated alkanes) is 1. The van der Waals surface area contributed by atoms with Crippen LogP contribution < -0.4 is 0 Å². The fourth-order valence-electron chi connectivity index (χ4n) is 2.26. The predicted molar refractivity (Wildman–Crippen MR) is 65.5 cm³/mol. The van der Waals surface area contributed by atoms with Gasteiger partial charge in [0, 0.05) is 38.2 Å². The molecule has 1 saturated heterocycles. The van der Waals surface area contributed by atoms with Crippen LogP contribution in [0.25, 0.3) is 0 Å². The van der Waals surface area contributed by atoms with Gasteiger partial charge in [-0.25, -0.2) is 0 Å². The molecule has 0 bridgehead atoms. The van der Waals surface area contributed by atoms with Crippen LogP contribution in [0.15, 0.2) is 12.2 Å². The van der Waals surface area contributed by atoms with Gasteiger partial charge in [0.2, 0.25) is 5.91 Å². The third-order valence-corrected chi connectivity index (χ3v) is 3.34. The van der Waals surface area contributed by atoms with Gasteiger partial charge >= 0.3 is 0 Å². The maximum Gasteiger partial charge on any atom is 0.253 e. The highest BCUT2D eigenvalue weighted by atomic mass is 16.2. The maximum absolute atomic E-state index is 11.7. The quantitative estimate of drug-likeness (QED) is 0.529. The van der Waals surface area contributed by atoms with Crippen LogP contribution in [0.4, 0.5) is 0 Å². The first-order chi connectivity index (χ1) is 8.58. The number of hydrogen-bond donors (Lipinski definition) is 0. The molecule has 0 aliphatic carbocycles. The zero-order valence-corrected chi connectivity index (χ0v) is 10.6. The Morgan fingerprint density at radius 2 is 1.83 bits per heavy atom. The molecule has 2 aliphatic rings. The van der Waals surface area contributed by atoms with E-state index in [0.29, 0.717) is 25.3 Å². The van der Waals surface area contributed by atoms with E-state index < -0.39 is 0 Å². The molecule has 5 nitrogen and oxygen atoms in total. The molecule has 0 saturated carbocycles. The van der Waals surface area contributed by atoms with Gasteiger partial charge < -0.3 is 4.90 Å². The average molecular weight is 250 g/mol. The van der Waals surface area contributed by atoms with E-state index in [1.54, 1.807) is 0 Å². The summed E-state index contributed by atoms with van der Waals surface area (Å²) in [6.07, 6.45) is 4.50. The highest BCUT2D eigenvalue weighted by Gasteiger charge is 2.26. The van der Waals surface area contributed by atoms with E-state index in [9.17, 15) is 14.4 Å². The van der Waals surface area contributed by atoms with Gasteiger partial charge in [-0.15, -0.1) is 0 Å². The molecule has 98 valence electrons. The molecule has 18 heavy (non-hydrogen) atoms. The lowest BCUT2D eigenvalue weighted by Crippen LogP contribution is -2.48. The molecule has 1 fully saturated rings. The second-order valence-corrected chi connectivity index (χ2v) is 5.02. The zero-order chi connectivity index (χ0) is 13.1. The summed E-state index contributed by atoms with van der Waals surface area (Å²) in [6, 6.07) is 0. The third kappa shape index (κ3) is 2.78. The Morgan fingerprint density at radius 1 is 1.22 bits per heavy atom. The summed E-state index contributed by atoms with van der Waals surface area (Å²) < 4.78 is 0. The number of likely N-dealkylation sites (tertiary alicyclic amines) is 1. The van der Waals surface area contributed by atoms with Crippen LogP contribution >= 0.6 is 0 Å². The second-order valence-electron chi connectivity index (χ2n) is 5.02. The van der Waals surface area contributed by atoms with E-state index in [1.165, 1.54) is 17.1 Å². The molecule has 5 heteroatoms. The summed E-state index contributed by atoms with van der Waals surface area (Å²) in [5.41, 5.74) is 0. The number of hydrogen-bond acceptors (Lipinski definition) is 3. The molecule has 0 atom stereocenters. The largest absolute Gasteiger partial charge is 0.342 e. The molecule has 0 spiro atoms. The number of carbonyl (C=O) groups excluding carboxylic acids is 3. The number of rotatable bonds is 5. The van der Waals surface area contributed by atoms with Crippen molar-refractivity contribution in [1.29, 1.82) is 0 Å². The minimum Gasteiger partial charge on any atom is -0.342 e. The smallest absolute Gasteiger partial charge is 0.253 e. The van der Waals surface area contributed by atoms with Gasteiger partial charge in [-0.05, 0) is 18.8 Å². The van der Waals surface area contributed by atoms with Crippen LogP contribution in [-0.2, 0) is 14.4 Å². The van der Waals surface area contributed by atoms with Crippen molar-refractivity contribution < 1.29 is 14.4 Å². The molecule has 2 rings (SSSR count). The second kappa shape index (κ2) is 5.33. The normalized spacial score (nSPS) is 19.6. The van der Waals surface area contributed by atoms with Crippen molar-refractivity contribution in [2.45, 2.75) is 26.2 Å². The highest BCUT2D eigenvalue weighted by molar-refractivity contribution is 6.12. The first-order valence-electron chi connectivity index (χ1n) is 6.39. The number of nitrogens with zero attached hydrogens (tertiary/aromatic N) is 2. The standard InChI is InChI=1S/C13H18N2O3/c1-10-8-14(9-10)11(16)4-2-3-7-15-12(17)5-6-13(15)18/h5-6,10H,2-4,7-9H2,1H3. The molecular weight excluding hydrogens is 232 g/mol. The fraction of sp³-hybridized carbons (Fsp3) is 0.615.